The average Bonchev–Trinajstić information content (AvgIpc) is 2.75. The summed E-state index contributed by atoms with van der Waals surface area (Å²) in [5, 5.41) is 8.96. The SMILES string of the molecule is CCNC(=NCc1cccc(OCC(F)(F)F)c1)NCCc1cccc(C(=O)NC)c1.I. The molecule has 0 atom stereocenters. The van der Waals surface area contributed by atoms with Crippen LogP contribution in [0.2, 0.25) is 0 Å². The zero-order chi connectivity index (χ0) is 22.7. The van der Waals surface area contributed by atoms with Crippen molar-refractivity contribution in [2.75, 3.05) is 26.7 Å². The molecule has 2 rings (SSSR count). The summed E-state index contributed by atoms with van der Waals surface area (Å²) < 4.78 is 41.7. The van der Waals surface area contributed by atoms with Crippen molar-refractivity contribution >= 4 is 35.8 Å². The van der Waals surface area contributed by atoms with E-state index < -0.39 is 12.8 Å². The molecular weight excluding hydrogens is 536 g/mol. The van der Waals surface area contributed by atoms with E-state index >= 15 is 0 Å². The van der Waals surface area contributed by atoms with Crippen LogP contribution in [0.25, 0.3) is 0 Å². The van der Waals surface area contributed by atoms with Gasteiger partial charge in [-0.25, -0.2) is 4.99 Å². The summed E-state index contributed by atoms with van der Waals surface area (Å²) in [5.41, 5.74) is 2.35. The molecule has 0 spiro atoms. The van der Waals surface area contributed by atoms with Gasteiger partial charge >= 0.3 is 6.18 Å². The second-order valence-electron chi connectivity index (χ2n) is 6.70. The van der Waals surface area contributed by atoms with E-state index in [0.29, 0.717) is 31.0 Å². The lowest BCUT2D eigenvalue weighted by Crippen LogP contribution is -2.38. The van der Waals surface area contributed by atoms with Crippen LogP contribution in [0.5, 0.6) is 5.75 Å². The number of guanidine groups is 1. The van der Waals surface area contributed by atoms with Crippen molar-refractivity contribution in [1.29, 1.82) is 0 Å². The number of halogens is 4. The Morgan fingerprint density at radius 3 is 2.47 bits per heavy atom. The smallest absolute Gasteiger partial charge is 0.422 e. The number of nitrogens with one attached hydrogen (secondary N) is 3. The molecular formula is C22H28F3IN4O2. The van der Waals surface area contributed by atoms with Crippen molar-refractivity contribution in [3.05, 3.63) is 65.2 Å². The Bertz CT molecular complexity index is 891. The van der Waals surface area contributed by atoms with Gasteiger partial charge in [-0.05, 0) is 48.7 Å². The first-order valence-corrected chi connectivity index (χ1v) is 9.92. The van der Waals surface area contributed by atoms with Crippen molar-refractivity contribution in [2.45, 2.75) is 26.1 Å². The van der Waals surface area contributed by atoms with E-state index in [1.165, 1.54) is 6.07 Å². The zero-order valence-corrected chi connectivity index (χ0v) is 20.3. The minimum Gasteiger partial charge on any atom is -0.484 e. The lowest BCUT2D eigenvalue weighted by Gasteiger charge is -2.12. The highest BCUT2D eigenvalue weighted by atomic mass is 127. The van der Waals surface area contributed by atoms with Gasteiger partial charge < -0.3 is 20.7 Å². The molecule has 0 radical (unpaired) electrons. The molecule has 0 aliphatic rings. The minimum absolute atomic E-state index is 0. The largest absolute Gasteiger partial charge is 0.484 e. The van der Waals surface area contributed by atoms with E-state index in [2.05, 4.69) is 20.9 Å². The standard InChI is InChI=1S/C22H27F3N4O2.HI/c1-3-27-21(28-11-10-16-6-4-8-18(12-16)20(30)26-2)29-14-17-7-5-9-19(13-17)31-15-22(23,24)25;/h4-9,12-13H,3,10-11,14-15H2,1-2H3,(H,26,30)(H2,27,28,29);1H. The Balaban J connectivity index is 0.00000512. The molecule has 6 nitrogen and oxygen atoms in total. The molecule has 0 saturated heterocycles. The third-order valence-corrected chi connectivity index (χ3v) is 4.19. The number of carbonyl (C=O) groups is 1. The molecule has 32 heavy (non-hydrogen) atoms. The van der Waals surface area contributed by atoms with E-state index in [1.54, 1.807) is 31.3 Å². The minimum atomic E-state index is -4.38. The van der Waals surface area contributed by atoms with Crippen LogP contribution in [0.1, 0.15) is 28.4 Å². The van der Waals surface area contributed by atoms with Crippen LogP contribution >= 0.6 is 24.0 Å². The second kappa shape index (κ2) is 13.8. The molecule has 3 N–H and O–H groups in total. The second-order valence-corrected chi connectivity index (χ2v) is 6.70. The summed E-state index contributed by atoms with van der Waals surface area (Å²) in [7, 11) is 1.59. The van der Waals surface area contributed by atoms with Gasteiger partial charge in [-0.15, -0.1) is 24.0 Å². The van der Waals surface area contributed by atoms with Crippen LogP contribution in [-0.4, -0.2) is 44.8 Å². The Kier molecular flexibility index (Phi) is 11.9. The summed E-state index contributed by atoms with van der Waals surface area (Å²) in [4.78, 5) is 16.2. The van der Waals surface area contributed by atoms with Gasteiger partial charge in [0.1, 0.15) is 5.75 Å². The molecule has 0 heterocycles. The molecule has 0 aromatic heterocycles. The van der Waals surface area contributed by atoms with Crippen LogP contribution in [0, 0.1) is 0 Å². The molecule has 176 valence electrons. The highest BCUT2D eigenvalue weighted by molar-refractivity contribution is 14.0. The summed E-state index contributed by atoms with van der Waals surface area (Å²) in [6.07, 6.45) is -3.69. The fourth-order valence-electron chi connectivity index (χ4n) is 2.75. The number of carbonyl (C=O) groups excluding carboxylic acids is 1. The summed E-state index contributed by atoms with van der Waals surface area (Å²) in [6.45, 7) is 2.15. The Morgan fingerprint density at radius 2 is 1.78 bits per heavy atom. The third kappa shape index (κ3) is 10.2. The number of amides is 1. The number of alkyl halides is 3. The predicted molar refractivity (Wildman–Crippen MR) is 130 cm³/mol. The first-order chi connectivity index (χ1) is 14.8. The highest BCUT2D eigenvalue weighted by Crippen LogP contribution is 2.19. The van der Waals surface area contributed by atoms with Crippen LogP contribution in [0.4, 0.5) is 13.2 Å². The van der Waals surface area contributed by atoms with Crippen LogP contribution < -0.4 is 20.7 Å². The van der Waals surface area contributed by atoms with Crippen molar-refractivity contribution in [2.24, 2.45) is 4.99 Å². The zero-order valence-electron chi connectivity index (χ0n) is 18.0. The lowest BCUT2D eigenvalue weighted by atomic mass is 10.1. The number of hydrogen-bond donors (Lipinski definition) is 3. The van der Waals surface area contributed by atoms with Crippen molar-refractivity contribution < 1.29 is 22.7 Å². The third-order valence-electron chi connectivity index (χ3n) is 4.19. The fraction of sp³-hybridized carbons (Fsp3) is 0.364. The highest BCUT2D eigenvalue weighted by Gasteiger charge is 2.28. The molecule has 10 heteroatoms. The number of nitrogens with zero attached hydrogens (tertiary/aromatic N) is 1. The van der Waals surface area contributed by atoms with Gasteiger partial charge in [0.15, 0.2) is 12.6 Å². The first kappa shape index (κ1) is 27.5. The molecule has 0 aliphatic heterocycles. The van der Waals surface area contributed by atoms with Crippen molar-refractivity contribution in [3.63, 3.8) is 0 Å². The number of aliphatic imine (C=N–C) groups is 1. The van der Waals surface area contributed by atoms with E-state index in [4.69, 9.17) is 4.74 Å². The van der Waals surface area contributed by atoms with E-state index in [1.807, 2.05) is 25.1 Å². The Morgan fingerprint density at radius 1 is 1.06 bits per heavy atom. The number of ether oxygens (including phenoxy) is 1. The monoisotopic (exact) mass is 564 g/mol. The number of rotatable bonds is 9. The Labute approximate surface area is 203 Å². The van der Waals surface area contributed by atoms with Crippen molar-refractivity contribution in [3.8, 4) is 5.75 Å². The van der Waals surface area contributed by atoms with E-state index in [9.17, 15) is 18.0 Å². The van der Waals surface area contributed by atoms with Gasteiger partial charge in [0.2, 0.25) is 0 Å². The van der Waals surface area contributed by atoms with Gasteiger partial charge in [-0.3, -0.25) is 4.79 Å². The molecule has 0 saturated carbocycles. The van der Waals surface area contributed by atoms with Gasteiger partial charge in [0, 0.05) is 25.7 Å². The van der Waals surface area contributed by atoms with Crippen LogP contribution in [-0.2, 0) is 13.0 Å². The summed E-state index contributed by atoms with van der Waals surface area (Å²) in [5.74, 6) is 0.608. The molecule has 2 aromatic rings. The summed E-state index contributed by atoms with van der Waals surface area (Å²) >= 11 is 0. The van der Waals surface area contributed by atoms with Gasteiger partial charge in [-0.1, -0.05) is 24.3 Å². The quantitative estimate of drug-likeness (QED) is 0.246. The summed E-state index contributed by atoms with van der Waals surface area (Å²) in [6, 6.07) is 13.8. The topological polar surface area (TPSA) is 74.8 Å². The average molecular weight is 564 g/mol. The molecule has 0 aliphatic carbocycles. The normalized spacial score (nSPS) is 11.3. The number of hydrogen-bond acceptors (Lipinski definition) is 3. The van der Waals surface area contributed by atoms with Gasteiger partial charge in [0.25, 0.3) is 5.91 Å². The molecule has 0 unspecified atom stereocenters. The maximum absolute atomic E-state index is 12.3. The van der Waals surface area contributed by atoms with E-state index in [-0.39, 0.29) is 42.2 Å². The maximum atomic E-state index is 12.3. The van der Waals surface area contributed by atoms with Crippen molar-refractivity contribution in [1.82, 2.24) is 16.0 Å². The molecule has 0 fully saturated rings. The first-order valence-electron chi connectivity index (χ1n) is 9.92. The van der Waals surface area contributed by atoms with Gasteiger partial charge in [-0.2, -0.15) is 13.2 Å². The maximum Gasteiger partial charge on any atom is 0.422 e. The lowest BCUT2D eigenvalue weighted by molar-refractivity contribution is -0.153. The van der Waals surface area contributed by atoms with E-state index in [0.717, 1.165) is 11.1 Å². The molecule has 1 amide bonds. The molecule has 0 bridgehead atoms. The fourth-order valence-corrected chi connectivity index (χ4v) is 2.75. The number of benzene rings is 2. The van der Waals surface area contributed by atoms with Crippen LogP contribution in [0.15, 0.2) is 53.5 Å². The molecule has 2 aromatic carbocycles. The van der Waals surface area contributed by atoms with Gasteiger partial charge in [0.05, 0.1) is 6.54 Å². The Hall–Kier alpha value is -2.50. The predicted octanol–water partition coefficient (Wildman–Crippen LogP) is 3.90. The van der Waals surface area contributed by atoms with Crippen LogP contribution in [0.3, 0.4) is 0 Å².